The van der Waals surface area contributed by atoms with E-state index in [1.54, 1.807) is 13.0 Å². The number of phenolic OH excluding ortho intramolecular Hbond substituents is 1. The quantitative estimate of drug-likeness (QED) is 0.0844. The summed E-state index contributed by atoms with van der Waals surface area (Å²) >= 11 is 9.59. The largest absolute Gasteiger partial charge is 0.503 e. The number of ether oxygens (including phenoxy) is 1. The van der Waals surface area contributed by atoms with Gasteiger partial charge in [-0.2, -0.15) is 5.10 Å². The zero-order valence-electron chi connectivity index (χ0n) is 21.4. The number of carbonyl (C=O) groups excluding carboxylic acids is 1. The highest BCUT2D eigenvalue weighted by Crippen LogP contribution is 2.34. The van der Waals surface area contributed by atoms with E-state index < -0.39 is 5.25 Å². The van der Waals surface area contributed by atoms with Crippen molar-refractivity contribution >= 4 is 63.8 Å². The topological polar surface area (TPSA) is 114 Å². The molecular weight excluding hydrogens is 651 g/mol. The minimum Gasteiger partial charge on any atom is -0.503 e. The van der Waals surface area contributed by atoms with Gasteiger partial charge in [-0.05, 0) is 90.0 Å². The molecule has 1 heterocycles. The van der Waals surface area contributed by atoms with E-state index in [0.717, 1.165) is 16.9 Å². The second-order valence-electron chi connectivity index (χ2n) is 8.43. The highest BCUT2D eigenvalue weighted by atomic mass is 127. The molecule has 9 nitrogen and oxygen atoms in total. The Kier molecular flexibility index (Phi) is 9.70. The Morgan fingerprint density at radius 1 is 1.23 bits per heavy atom. The Labute approximate surface area is 249 Å². The van der Waals surface area contributed by atoms with Crippen molar-refractivity contribution in [3.05, 3.63) is 86.2 Å². The molecule has 0 saturated carbocycles. The summed E-state index contributed by atoms with van der Waals surface area (Å²) in [7, 11) is 1.42. The van der Waals surface area contributed by atoms with Crippen LogP contribution >= 0.6 is 46.0 Å². The molecule has 0 unspecified atom stereocenters. The van der Waals surface area contributed by atoms with Crippen LogP contribution in [0.2, 0.25) is 5.02 Å². The third-order valence-electron chi connectivity index (χ3n) is 5.65. The number of nitrogens with one attached hydrogen (secondary N) is 2. The van der Waals surface area contributed by atoms with Crippen molar-refractivity contribution < 1.29 is 14.6 Å². The number of carbonyl (C=O) groups is 1. The first-order valence-corrected chi connectivity index (χ1v) is 14.2. The summed E-state index contributed by atoms with van der Waals surface area (Å²) < 4.78 is 8.21. The number of thioether (sulfide) groups is 1. The standard InChI is InChI=1S/C27H26ClIN6O3S/c1-16-11-19(29)9-10-22(16)30-15-24-32-34-27(35(24)20-7-5-4-6-8-20)39-17(2)26(37)33-31-14-18-12-21(28)25(36)23(13-18)38-3/h4-14,17,30,36H,15H2,1-3H3,(H,33,37)/b31-14-/t17-/m1/s1. The van der Waals surface area contributed by atoms with Gasteiger partial charge in [0.25, 0.3) is 5.91 Å². The van der Waals surface area contributed by atoms with Crippen LogP contribution in [0.25, 0.3) is 5.69 Å². The molecule has 4 aromatic rings. The lowest BCUT2D eigenvalue weighted by Gasteiger charge is -2.14. The zero-order valence-corrected chi connectivity index (χ0v) is 25.1. The van der Waals surface area contributed by atoms with E-state index in [0.29, 0.717) is 23.1 Å². The highest BCUT2D eigenvalue weighted by molar-refractivity contribution is 14.1. The zero-order chi connectivity index (χ0) is 27.9. The molecule has 12 heteroatoms. The first-order chi connectivity index (χ1) is 18.8. The van der Waals surface area contributed by atoms with Gasteiger partial charge in [-0.25, -0.2) is 5.43 Å². The second-order valence-corrected chi connectivity index (χ2v) is 11.4. The smallest absolute Gasteiger partial charge is 0.253 e. The molecule has 0 aliphatic heterocycles. The average Bonchev–Trinajstić information content (AvgIpc) is 3.32. The third kappa shape index (κ3) is 7.22. The lowest BCUT2D eigenvalue weighted by molar-refractivity contribution is -0.120. The van der Waals surface area contributed by atoms with E-state index in [1.165, 1.54) is 34.7 Å². The number of aryl methyl sites for hydroxylation is 1. The Morgan fingerprint density at radius 3 is 2.72 bits per heavy atom. The van der Waals surface area contributed by atoms with Gasteiger partial charge in [0.05, 0.1) is 30.1 Å². The number of hydrogen-bond acceptors (Lipinski definition) is 8. The van der Waals surface area contributed by atoms with Crippen LogP contribution in [0.5, 0.6) is 11.5 Å². The second kappa shape index (κ2) is 13.2. The molecule has 0 bridgehead atoms. The maximum absolute atomic E-state index is 12.8. The first kappa shape index (κ1) is 28.7. The highest BCUT2D eigenvalue weighted by Gasteiger charge is 2.21. The van der Waals surface area contributed by atoms with Crippen molar-refractivity contribution in [3.63, 3.8) is 0 Å². The van der Waals surface area contributed by atoms with Crippen molar-refractivity contribution in [1.29, 1.82) is 0 Å². The molecule has 0 fully saturated rings. The number of benzene rings is 3. The maximum atomic E-state index is 12.8. The number of phenols is 1. The lowest BCUT2D eigenvalue weighted by Crippen LogP contribution is -2.27. The third-order valence-corrected chi connectivity index (χ3v) is 7.65. The molecule has 39 heavy (non-hydrogen) atoms. The number of aromatic hydroxyl groups is 1. The number of methoxy groups -OCH3 is 1. The van der Waals surface area contributed by atoms with E-state index in [-0.39, 0.29) is 22.4 Å². The monoisotopic (exact) mass is 676 g/mol. The summed E-state index contributed by atoms with van der Waals surface area (Å²) in [6.07, 6.45) is 1.42. The number of aromatic nitrogens is 3. The number of nitrogens with zero attached hydrogens (tertiary/aromatic N) is 4. The lowest BCUT2D eigenvalue weighted by atomic mass is 10.2. The van der Waals surface area contributed by atoms with Crippen LogP contribution in [0.4, 0.5) is 5.69 Å². The molecule has 0 aliphatic rings. The fraction of sp³-hybridized carbons (Fsp3) is 0.185. The molecule has 202 valence electrons. The van der Waals surface area contributed by atoms with Crippen molar-refractivity contribution in [2.75, 3.05) is 12.4 Å². The Bertz CT molecular complexity index is 1500. The summed E-state index contributed by atoms with van der Waals surface area (Å²) in [5.74, 6) is 0.452. The van der Waals surface area contributed by atoms with E-state index in [1.807, 2.05) is 41.0 Å². The maximum Gasteiger partial charge on any atom is 0.253 e. The first-order valence-electron chi connectivity index (χ1n) is 11.8. The number of halogens is 2. The number of anilines is 1. The molecule has 0 spiro atoms. The van der Waals surface area contributed by atoms with Gasteiger partial charge in [-0.3, -0.25) is 9.36 Å². The average molecular weight is 677 g/mol. The van der Waals surface area contributed by atoms with Crippen molar-refractivity contribution in [1.82, 2.24) is 20.2 Å². The Balaban J connectivity index is 1.48. The van der Waals surface area contributed by atoms with Crippen LogP contribution in [0, 0.1) is 10.5 Å². The fourth-order valence-electron chi connectivity index (χ4n) is 3.62. The molecular formula is C27H26ClIN6O3S. The predicted octanol–water partition coefficient (Wildman–Crippen LogP) is 5.79. The van der Waals surface area contributed by atoms with Gasteiger partial charge < -0.3 is 15.2 Å². The van der Waals surface area contributed by atoms with Crippen molar-refractivity contribution in [2.45, 2.75) is 30.8 Å². The summed E-state index contributed by atoms with van der Waals surface area (Å²) in [5.41, 5.74) is 6.15. The summed E-state index contributed by atoms with van der Waals surface area (Å²) in [5, 5.41) is 26.3. The van der Waals surface area contributed by atoms with Gasteiger partial charge in [-0.15, -0.1) is 10.2 Å². The molecule has 3 aromatic carbocycles. The van der Waals surface area contributed by atoms with Crippen LogP contribution in [0.15, 0.2) is 70.9 Å². The van der Waals surface area contributed by atoms with E-state index in [2.05, 4.69) is 67.7 Å². The minimum absolute atomic E-state index is 0.119. The summed E-state index contributed by atoms with van der Waals surface area (Å²) in [4.78, 5) is 12.8. The number of para-hydroxylation sites is 1. The van der Waals surface area contributed by atoms with Crippen LogP contribution in [-0.2, 0) is 11.3 Å². The molecule has 0 saturated heterocycles. The molecule has 0 radical (unpaired) electrons. The molecule has 1 aromatic heterocycles. The van der Waals surface area contributed by atoms with Gasteiger partial charge in [0.1, 0.15) is 0 Å². The number of amides is 1. The number of hydrogen-bond donors (Lipinski definition) is 3. The van der Waals surface area contributed by atoms with Gasteiger partial charge in [0.15, 0.2) is 22.5 Å². The molecule has 1 amide bonds. The number of rotatable bonds is 10. The van der Waals surface area contributed by atoms with Gasteiger partial charge in [0.2, 0.25) is 0 Å². The predicted molar refractivity (Wildman–Crippen MR) is 163 cm³/mol. The fourth-order valence-corrected chi connectivity index (χ4v) is 5.37. The van der Waals surface area contributed by atoms with Crippen LogP contribution in [0.3, 0.4) is 0 Å². The van der Waals surface area contributed by atoms with E-state index in [9.17, 15) is 9.90 Å². The van der Waals surface area contributed by atoms with E-state index >= 15 is 0 Å². The van der Waals surface area contributed by atoms with Gasteiger partial charge >= 0.3 is 0 Å². The Hall–Kier alpha value is -3.29. The SMILES string of the molecule is COc1cc(/C=N\NC(=O)[C@@H](C)Sc2nnc(CNc3ccc(I)cc3C)n2-c2ccccc2)cc(Cl)c1O. The normalized spacial score (nSPS) is 11.9. The molecule has 1 atom stereocenters. The minimum atomic E-state index is -0.522. The van der Waals surface area contributed by atoms with Crippen LogP contribution in [0.1, 0.15) is 23.9 Å². The number of hydrazone groups is 1. The van der Waals surface area contributed by atoms with Gasteiger partial charge in [-0.1, -0.05) is 41.6 Å². The summed E-state index contributed by atoms with van der Waals surface area (Å²) in [6.45, 7) is 4.28. The van der Waals surface area contributed by atoms with E-state index in [4.69, 9.17) is 16.3 Å². The Morgan fingerprint density at radius 2 is 2.00 bits per heavy atom. The van der Waals surface area contributed by atoms with Crippen LogP contribution < -0.4 is 15.5 Å². The van der Waals surface area contributed by atoms with Crippen LogP contribution in [-0.4, -0.2) is 44.4 Å². The summed E-state index contributed by atoms with van der Waals surface area (Å²) in [6, 6.07) is 19.1. The molecule has 3 N–H and O–H groups in total. The molecule has 4 rings (SSSR count). The van der Waals surface area contributed by atoms with Gasteiger partial charge in [0, 0.05) is 14.9 Å². The van der Waals surface area contributed by atoms with Crippen molar-refractivity contribution in [2.24, 2.45) is 5.10 Å². The molecule has 0 aliphatic carbocycles. The van der Waals surface area contributed by atoms with Crippen molar-refractivity contribution in [3.8, 4) is 17.2 Å².